The molecular formula is C13H10F5N3. The zero-order valence-electron chi connectivity index (χ0n) is 10.7. The van der Waals surface area contributed by atoms with Crippen LogP contribution >= 0.6 is 0 Å². The minimum Gasteiger partial charge on any atom is -0.373 e. The number of halogens is 5. The summed E-state index contributed by atoms with van der Waals surface area (Å²) in [6.45, 7) is 0. The Morgan fingerprint density at radius 1 is 0.905 bits per heavy atom. The van der Waals surface area contributed by atoms with Gasteiger partial charge in [-0.05, 0) is 24.3 Å². The van der Waals surface area contributed by atoms with Crippen molar-refractivity contribution in [3.8, 4) is 0 Å². The number of nitrogens with one attached hydrogen (secondary N) is 2. The van der Waals surface area contributed by atoms with E-state index in [0.29, 0.717) is 6.07 Å². The van der Waals surface area contributed by atoms with Gasteiger partial charge in [-0.3, -0.25) is 0 Å². The third-order valence-corrected chi connectivity index (χ3v) is 2.54. The van der Waals surface area contributed by atoms with Crippen LogP contribution < -0.4 is 10.6 Å². The second kappa shape index (κ2) is 5.55. The molecule has 0 radical (unpaired) electrons. The second-order valence-electron chi connectivity index (χ2n) is 4.16. The van der Waals surface area contributed by atoms with Crippen molar-refractivity contribution in [2.45, 2.75) is 6.18 Å². The first-order valence-electron chi connectivity index (χ1n) is 5.78. The van der Waals surface area contributed by atoms with E-state index in [0.717, 1.165) is 24.3 Å². The van der Waals surface area contributed by atoms with Crippen molar-refractivity contribution in [1.29, 1.82) is 0 Å². The fourth-order valence-corrected chi connectivity index (χ4v) is 1.66. The Balaban J connectivity index is 2.39. The molecule has 2 N–H and O–H groups in total. The number of aromatic nitrogens is 1. The summed E-state index contributed by atoms with van der Waals surface area (Å²) >= 11 is 0. The van der Waals surface area contributed by atoms with Gasteiger partial charge < -0.3 is 10.6 Å². The van der Waals surface area contributed by atoms with Crippen LogP contribution in [-0.2, 0) is 6.18 Å². The number of hydrogen-bond donors (Lipinski definition) is 2. The van der Waals surface area contributed by atoms with Gasteiger partial charge in [0.25, 0.3) is 0 Å². The Morgan fingerprint density at radius 3 is 2.00 bits per heavy atom. The Morgan fingerprint density at radius 2 is 1.48 bits per heavy atom. The van der Waals surface area contributed by atoms with E-state index in [2.05, 4.69) is 15.6 Å². The fraction of sp³-hybridized carbons (Fsp3) is 0.154. The van der Waals surface area contributed by atoms with Crippen LogP contribution in [0, 0.1) is 11.6 Å². The molecule has 3 nitrogen and oxygen atoms in total. The topological polar surface area (TPSA) is 37.0 Å². The molecule has 0 aliphatic carbocycles. The highest BCUT2D eigenvalue weighted by Crippen LogP contribution is 2.32. The van der Waals surface area contributed by atoms with Gasteiger partial charge in [-0.2, -0.15) is 13.2 Å². The van der Waals surface area contributed by atoms with Crippen molar-refractivity contribution in [2.75, 3.05) is 17.7 Å². The molecule has 0 aliphatic heterocycles. The van der Waals surface area contributed by atoms with Crippen LogP contribution in [-0.4, -0.2) is 12.0 Å². The van der Waals surface area contributed by atoms with Gasteiger partial charge in [0.15, 0.2) is 0 Å². The maximum Gasteiger partial charge on any atom is 0.416 e. The lowest BCUT2D eigenvalue weighted by molar-refractivity contribution is -0.137. The van der Waals surface area contributed by atoms with E-state index in [1.54, 1.807) is 0 Å². The molecule has 8 heteroatoms. The number of rotatable bonds is 3. The molecule has 0 spiro atoms. The molecule has 2 aromatic rings. The smallest absolute Gasteiger partial charge is 0.373 e. The van der Waals surface area contributed by atoms with Crippen molar-refractivity contribution in [3.63, 3.8) is 0 Å². The van der Waals surface area contributed by atoms with Crippen molar-refractivity contribution < 1.29 is 22.0 Å². The van der Waals surface area contributed by atoms with Crippen molar-refractivity contribution >= 4 is 17.3 Å². The molecule has 0 fully saturated rings. The summed E-state index contributed by atoms with van der Waals surface area (Å²) in [6, 6.07) is 4.14. The summed E-state index contributed by atoms with van der Waals surface area (Å²) < 4.78 is 64.3. The molecular weight excluding hydrogens is 293 g/mol. The number of anilines is 3. The highest BCUT2D eigenvalue weighted by atomic mass is 19.4. The van der Waals surface area contributed by atoms with Crippen LogP contribution in [0.5, 0.6) is 0 Å². The summed E-state index contributed by atoms with van der Waals surface area (Å²) in [5.74, 6) is -1.90. The van der Waals surface area contributed by atoms with Crippen molar-refractivity contribution in [3.05, 3.63) is 47.5 Å². The SMILES string of the molecule is CNc1cc(C(F)(F)F)cc(Nc2cc(F)cc(F)c2)n1. The van der Waals surface area contributed by atoms with E-state index in [1.165, 1.54) is 7.05 Å². The molecule has 0 saturated heterocycles. The summed E-state index contributed by atoms with van der Waals surface area (Å²) in [5.41, 5.74) is -0.970. The van der Waals surface area contributed by atoms with Gasteiger partial charge in [0, 0.05) is 18.8 Å². The predicted molar refractivity (Wildman–Crippen MR) is 68.4 cm³/mol. The molecule has 2 rings (SSSR count). The van der Waals surface area contributed by atoms with Crippen LogP contribution in [0.1, 0.15) is 5.56 Å². The number of hydrogen-bond acceptors (Lipinski definition) is 3. The molecule has 1 aromatic carbocycles. The van der Waals surface area contributed by atoms with Crippen LogP contribution in [0.2, 0.25) is 0 Å². The van der Waals surface area contributed by atoms with Crippen LogP contribution in [0.4, 0.5) is 39.3 Å². The Hall–Kier alpha value is -2.38. The zero-order chi connectivity index (χ0) is 15.6. The highest BCUT2D eigenvalue weighted by Gasteiger charge is 2.31. The molecule has 0 atom stereocenters. The lowest BCUT2D eigenvalue weighted by Gasteiger charge is -2.12. The van der Waals surface area contributed by atoms with E-state index >= 15 is 0 Å². The Kier molecular flexibility index (Phi) is 3.97. The molecule has 1 aromatic heterocycles. The molecule has 0 aliphatic rings. The maximum absolute atomic E-state index is 13.1. The number of nitrogens with zero attached hydrogens (tertiary/aromatic N) is 1. The van der Waals surface area contributed by atoms with Crippen LogP contribution in [0.25, 0.3) is 0 Å². The molecule has 0 unspecified atom stereocenters. The molecule has 0 amide bonds. The third-order valence-electron chi connectivity index (χ3n) is 2.54. The van der Waals surface area contributed by atoms with Gasteiger partial charge in [-0.1, -0.05) is 0 Å². The van der Waals surface area contributed by atoms with Crippen LogP contribution in [0.15, 0.2) is 30.3 Å². The Labute approximate surface area is 116 Å². The second-order valence-corrected chi connectivity index (χ2v) is 4.16. The first-order valence-corrected chi connectivity index (χ1v) is 5.78. The van der Waals surface area contributed by atoms with E-state index < -0.39 is 23.4 Å². The van der Waals surface area contributed by atoms with Gasteiger partial charge in [0.05, 0.1) is 5.56 Å². The van der Waals surface area contributed by atoms with Crippen LogP contribution in [0.3, 0.4) is 0 Å². The molecule has 0 bridgehead atoms. The summed E-state index contributed by atoms with van der Waals surface area (Å²) in [6.07, 6.45) is -4.56. The number of alkyl halides is 3. The van der Waals surface area contributed by atoms with Gasteiger partial charge in [0.2, 0.25) is 0 Å². The maximum atomic E-state index is 13.1. The van der Waals surface area contributed by atoms with E-state index in [-0.39, 0.29) is 17.3 Å². The van der Waals surface area contributed by atoms with E-state index in [4.69, 9.17) is 0 Å². The third kappa shape index (κ3) is 3.80. The molecule has 1 heterocycles. The number of benzene rings is 1. The minimum atomic E-state index is -4.56. The lowest BCUT2D eigenvalue weighted by atomic mass is 10.2. The fourth-order valence-electron chi connectivity index (χ4n) is 1.66. The minimum absolute atomic E-state index is 0.0239. The normalized spacial score (nSPS) is 11.3. The van der Waals surface area contributed by atoms with Gasteiger partial charge >= 0.3 is 6.18 Å². The van der Waals surface area contributed by atoms with Crippen molar-refractivity contribution in [2.24, 2.45) is 0 Å². The quantitative estimate of drug-likeness (QED) is 0.836. The van der Waals surface area contributed by atoms with E-state index in [9.17, 15) is 22.0 Å². The average Bonchev–Trinajstić information content (AvgIpc) is 2.36. The average molecular weight is 303 g/mol. The summed E-state index contributed by atoms with van der Waals surface area (Å²) in [4.78, 5) is 3.85. The van der Waals surface area contributed by atoms with Gasteiger partial charge in [-0.15, -0.1) is 0 Å². The molecule has 21 heavy (non-hydrogen) atoms. The first-order chi connectivity index (χ1) is 9.77. The van der Waals surface area contributed by atoms with Gasteiger partial charge in [0.1, 0.15) is 23.3 Å². The van der Waals surface area contributed by atoms with Crippen molar-refractivity contribution in [1.82, 2.24) is 4.98 Å². The molecule has 0 saturated carbocycles. The largest absolute Gasteiger partial charge is 0.416 e. The summed E-state index contributed by atoms with van der Waals surface area (Å²) in [5, 5.41) is 4.93. The lowest BCUT2D eigenvalue weighted by Crippen LogP contribution is -2.08. The zero-order valence-corrected chi connectivity index (χ0v) is 10.7. The number of pyridine rings is 1. The van der Waals surface area contributed by atoms with E-state index in [1.807, 2.05) is 0 Å². The van der Waals surface area contributed by atoms with Gasteiger partial charge in [-0.25, -0.2) is 13.8 Å². The molecule has 112 valence electrons. The first kappa shape index (κ1) is 15.0. The standard InChI is InChI=1S/C13H10F5N3/c1-19-11-2-7(13(16,17)18)3-12(21-11)20-10-5-8(14)4-9(15)6-10/h2-6H,1H3,(H2,19,20,21). The summed E-state index contributed by atoms with van der Waals surface area (Å²) in [7, 11) is 1.41. The highest BCUT2D eigenvalue weighted by molar-refractivity contribution is 5.59. The monoisotopic (exact) mass is 303 g/mol. The predicted octanol–water partition coefficient (Wildman–Crippen LogP) is 4.16. The Bertz CT molecular complexity index is 634.